The van der Waals surface area contributed by atoms with E-state index in [9.17, 15) is 5.11 Å². The summed E-state index contributed by atoms with van der Waals surface area (Å²) >= 11 is 0. The van der Waals surface area contributed by atoms with Gasteiger partial charge < -0.3 is 10.4 Å². The Balaban J connectivity index is 2.24. The summed E-state index contributed by atoms with van der Waals surface area (Å²) in [4.78, 5) is 0. The van der Waals surface area contributed by atoms with Gasteiger partial charge in [0.2, 0.25) is 0 Å². The molecule has 0 amide bonds. The Morgan fingerprint density at radius 2 is 2.06 bits per heavy atom. The van der Waals surface area contributed by atoms with Gasteiger partial charge in [-0.1, -0.05) is 12.1 Å². The van der Waals surface area contributed by atoms with Crippen LogP contribution < -0.4 is 5.32 Å². The van der Waals surface area contributed by atoms with Crippen molar-refractivity contribution in [1.82, 2.24) is 9.78 Å². The zero-order chi connectivity index (χ0) is 13.3. The largest absolute Gasteiger partial charge is 0.507 e. The highest BCUT2D eigenvalue weighted by atomic mass is 16.3. The number of aromatic hydroxyl groups is 1. The first kappa shape index (κ1) is 12.5. The lowest BCUT2D eigenvalue weighted by Gasteiger charge is -2.17. The molecule has 0 aliphatic heterocycles. The van der Waals surface area contributed by atoms with Gasteiger partial charge in [0.25, 0.3) is 0 Å². The second-order valence-electron chi connectivity index (χ2n) is 4.71. The highest BCUT2D eigenvalue weighted by Gasteiger charge is 2.13. The van der Waals surface area contributed by atoms with E-state index in [-0.39, 0.29) is 6.04 Å². The van der Waals surface area contributed by atoms with Gasteiger partial charge in [-0.3, -0.25) is 4.68 Å². The molecule has 2 rings (SSSR count). The Morgan fingerprint density at radius 1 is 1.33 bits per heavy atom. The molecule has 0 unspecified atom stereocenters. The molecule has 0 spiro atoms. The first-order valence-electron chi connectivity index (χ1n) is 6.03. The average Bonchev–Trinajstić information content (AvgIpc) is 2.71. The molecule has 0 fully saturated rings. The van der Waals surface area contributed by atoms with Crippen molar-refractivity contribution < 1.29 is 5.11 Å². The summed E-state index contributed by atoms with van der Waals surface area (Å²) in [5, 5.41) is 17.6. The molecule has 0 bridgehead atoms. The monoisotopic (exact) mass is 245 g/mol. The van der Waals surface area contributed by atoms with Crippen LogP contribution in [0.1, 0.15) is 29.7 Å². The molecule has 1 aromatic heterocycles. The molecule has 0 aliphatic carbocycles. The molecule has 1 aromatic carbocycles. The van der Waals surface area contributed by atoms with Gasteiger partial charge >= 0.3 is 0 Å². The van der Waals surface area contributed by atoms with E-state index < -0.39 is 0 Å². The molecular formula is C14H19N3O. The van der Waals surface area contributed by atoms with Crippen molar-refractivity contribution >= 4 is 5.69 Å². The second kappa shape index (κ2) is 4.72. The number of phenols is 1. The number of aromatic nitrogens is 2. The topological polar surface area (TPSA) is 50.1 Å². The van der Waals surface area contributed by atoms with Crippen LogP contribution >= 0.6 is 0 Å². The number of benzene rings is 1. The third kappa shape index (κ3) is 2.32. The van der Waals surface area contributed by atoms with E-state index in [0.717, 1.165) is 22.4 Å². The zero-order valence-electron chi connectivity index (χ0n) is 11.2. The summed E-state index contributed by atoms with van der Waals surface area (Å²) in [5.41, 5.74) is 3.89. The number of aryl methyl sites for hydroxylation is 2. The van der Waals surface area contributed by atoms with Crippen molar-refractivity contribution in [3.63, 3.8) is 0 Å². The van der Waals surface area contributed by atoms with Crippen LogP contribution in [-0.2, 0) is 7.05 Å². The van der Waals surface area contributed by atoms with Crippen LogP contribution in [0.25, 0.3) is 0 Å². The van der Waals surface area contributed by atoms with Gasteiger partial charge in [0.05, 0.1) is 17.9 Å². The van der Waals surface area contributed by atoms with Crippen molar-refractivity contribution in [2.24, 2.45) is 7.05 Å². The minimum Gasteiger partial charge on any atom is -0.507 e. The predicted octanol–water partition coefficient (Wildman–Crippen LogP) is 2.92. The Hall–Kier alpha value is -1.97. The number of nitrogens with one attached hydrogen (secondary N) is 1. The molecule has 0 saturated heterocycles. The van der Waals surface area contributed by atoms with Gasteiger partial charge in [-0.15, -0.1) is 0 Å². The lowest BCUT2D eigenvalue weighted by molar-refractivity contribution is 0.460. The van der Waals surface area contributed by atoms with Crippen molar-refractivity contribution in [3.05, 3.63) is 41.2 Å². The van der Waals surface area contributed by atoms with E-state index in [1.54, 1.807) is 10.9 Å². The highest BCUT2D eigenvalue weighted by molar-refractivity contribution is 5.49. The maximum absolute atomic E-state index is 10.2. The van der Waals surface area contributed by atoms with Gasteiger partial charge in [0.15, 0.2) is 0 Å². The first-order chi connectivity index (χ1) is 8.49. The van der Waals surface area contributed by atoms with E-state index in [2.05, 4.69) is 10.4 Å². The summed E-state index contributed by atoms with van der Waals surface area (Å²) in [6.07, 6.45) is 3.68. The van der Waals surface area contributed by atoms with E-state index in [1.165, 1.54) is 0 Å². The van der Waals surface area contributed by atoms with Crippen LogP contribution in [0.5, 0.6) is 5.75 Å². The lowest BCUT2D eigenvalue weighted by atomic mass is 10.00. The predicted molar refractivity (Wildman–Crippen MR) is 72.8 cm³/mol. The summed E-state index contributed by atoms with van der Waals surface area (Å²) in [6.45, 7) is 5.96. The molecule has 1 atom stereocenters. The van der Waals surface area contributed by atoms with Gasteiger partial charge in [-0.25, -0.2) is 0 Å². The van der Waals surface area contributed by atoms with E-state index >= 15 is 0 Å². The molecule has 0 radical (unpaired) electrons. The summed E-state index contributed by atoms with van der Waals surface area (Å²) in [5.74, 6) is 0.374. The Kier molecular flexibility index (Phi) is 3.28. The fourth-order valence-corrected chi connectivity index (χ4v) is 1.99. The molecular weight excluding hydrogens is 226 g/mol. The SMILES string of the molecule is Cc1ccc([C@@H](C)Nc2cnn(C)c2)c(O)c1C. The Morgan fingerprint density at radius 3 is 2.67 bits per heavy atom. The van der Waals surface area contributed by atoms with E-state index in [1.807, 2.05) is 46.1 Å². The number of anilines is 1. The fourth-order valence-electron chi connectivity index (χ4n) is 1.99. The summed E-state index contributed by atoms with van der Waals surface area (Å²) in [7, 11) is 1.88. The number of rotatable bonds is 3. The number of hydrogen-bond acceptors (Lipinski definition) is 3. The number of phenolic OH excluding ortho intramolecular Hbond substituents is 1. The van der Waals surface area contributed by atoms with Gasteiger partial charge in [0, 0.05) is 18.8 Å². The number of nitrogens with zero attached hydrogens (tertiary/aromatic N) is 2. The van der Waals surface area contributed by atoms with Gasteiger partial charge in [-0.05, 0) is 31.9 Å². The molecule has 96 valence electrons. The molecule has 4 nitrogen and oxygen atoms in total. The van der Waals surface area contributed by atoms with Gasteiger partial charge in [0.1, 0.15) is 5.75 Å². The van der Waals surface area contributed by atoms with Crippen LogP contribution in [0.3, 0.4) is 0 Å². The lowest BCUT2D eigenvalue weighted by Crippen LogP contribution is -2.07. The normalized spacial score (nSPS) is 12.4. The molecule has 0 saturated carbocycles. The van der Waals surface area contributed by atoms with Crippen LogP contribution in [0.4, 0.5) is 5.69 Å². The Bertz CT molecular complexity index is 560. The Labute approximate surface area is 107 Å². The van der Waals surface area contributed by atoms with Crippen molar-refractivity contribution in [1.29, 1.82) is 0 Å². The van der Waals surface area contributed by atoms with Crippen LogP contribution in [0, 0.1) is 13.8 Å². The molecule has 1 heterocycles. The van der Waals surface area contributed by atoms with Crippen LogP contribution in [0.2, 0.25) is 0 Å². The molecule has 2 aromatic rings. The maximum Gasteiger partial charge on any atom is 0.123 e. The van der Waals surface area contributed by atoms with Crippen LogP contribution in [-0.4, -0.2) is 14.9 Å². The van der Waals surface area contributed by atoms with Gasteiger partial charge in [-0.2, -0.15) is 5.10 Å². The minimum absolute atomic E-state index is 0.0356. The molecule has 4 heteroatoms. The third-order valence-electron chi connectivity index (χ3n) is 3.29. The second-order valence-corrected chi connectivity index (χ2v) is 4.71. The molecule has 18 heavy (non-hydrogen) atoms. The third-order valence-corrected chi connectivity index (χ3v) is 3.29. The van der Waals surface area contributed by atoms with E-state index in [4.69, 9.17) is 0 Å². The molecule has 2 N–H and O–H groups in total. The summed E-state index contributed by atoms with van der Waals surface area (Å²) < 4.78 is 1.75. The first-order valence-corrected chi connectivity index (χ1v) is 6.03. The quantitative estimate of drug-likeness (QED) is 0.874. The minimum atomic E-state index is 0.0356. The average molecular weight is 245 g/mol. The van der Waals surface area contributed by atoms with E-state index in [0.29, 0.717) is 5.75 Å². The fraction of sp³-hybridized carbons (Fsp3) is 0.357. The standard InChI is InChI=1S/C14H19N3O/c1-9-5-6-13(14(18)10(9)2)11(3)16-12-7-15-17(4)8-12/h5-8,11,16,18H,1-4H3/t11-/m1/s1. The zero-order valence-corrected chi connectivity index (χ0v) is 11.2. The summed E-state index contributed by atoms with van der Waals surface area (Å²) in [6, 6.07) is 4.03. The number of hydrogen-bond donors (Lipinski definition) is 2. The molecule has 0 aliphatic rings. The van der Waals surface area contributed by atoms with Crippen molar-refractivity contribution in [2.45, 2.75) is 26.8 Å². The highest BCUT2D eigenvalue weighted by Crippen LogP contribution is 2.31. The van der Waals surface area contributed by atoms with Crippen molar-refractivity contribution in [2.75, 3.05) is 5.32 Å². The smallest absolute Gasteiger partial charge is 0.123 e. The van der Waals surface area contributed by atoms with Crippen LogP contribution in [0.15, 0.2) is 24.5 Å². The van der Waals surface area contributed by atoms with Crippen molar-refractivity contribution in [3.8, 4) is 5.75 Å². The maximum atomic E-state index is 10.2.